The molecule has 3 aromatic carbocycles. The molecule has 0 aliphatic rings. The lowest BCUT2D eigenvalue weighted by Crippen LogP contribution is -2.19. The Morgan fingerprint density at radius 3 is 2.31 bits per heavy atom. The van der Waals surface area contributed by atoms with E-state index in [1.807, 2.05) is 0 Å². The van der Waals surface area contributed by atoms with Crippen LogP contribution < -0.4 is 5.43 Å². The summed E-state index contributed by atoms with van der Waals surface area (Å²) in [4.78, 5) is 12.5. The largest absolute Gasteiger partial charge is 0.271 e. The Balaban J connectivity index is 1.81. The predicted molar refractivity (Wildman–Crippen MR) is 122 cm³/mol. The highest BCUT2D eigenvalue weighted by molar-refractivity contribution is 7.90. The first-order chi connectivity index (χ1) is 15.4. The smallest absolute Gasteiger partial charge is 0.267 e. The first-order valence-electron chi connectivity index (χ1n) is 9.67. The van der Waals surface area contributed by atoms with Crippen molar-refractivity contribution in [1.29, 1.82) is 5.26 Å². The fourth-order valence-electron chi connectivity index (χ4n) is 3.31. The van der Waals surface area contributed by atoms with Crippen molar-refractivity contribution in [3.63, 3.8) is 0 Å². The molecule has 0 aliphatic heterocycles. The fraction of sp³-hybridized carbons (Fsp3) is 0.0417. The molecule has 7 nitrogen and oxygen atoms in total. The van der Waals surface area contributed by atoms with E-state index >= 15 is 0 Å². The van der Waals surface area contributed by atoms with Gasteiger partial charge in [0.25, 0.3) is 15.9 Å². The summed E-state index contributed by atoms with van der Waals surface area (Å²) in [6.45, 7) is 1.67. The summed E-state index contributed by atoms with van der Waals surface area (Å²) in [6, 6.07) is 23.5. The zero-order chi connectivity index (χ0) is 22.7. The lowest BCUT2D eigenvalue weighted by atomic mass is 10.1. The number of nitrogens with one attached hydrogen (secondary N) is 1. The summed E-state index contributed by atoms with van der Waals surface area (Å²) in [5, 5.41) is 14.0. The van der Waals surface area contributed by atoms with Gasteiger partial charge < -0.3 is 0 Å². The Bertz CT molecular complexity index is 1480. The third-order valence-corrected chi connectivity index (χ3v) is 6.64. The number of amides is 1. The lowest BCUT2D eigenvalue weighted by Gasteiger charge is -2.07. The van der Waals surface area contributed by atoms with Crippen molar-refractivity contribution in [3.05, 3.63) is 102 Å². The fourth-order valence-corrected chi connectivity index (χ4v) is 4.70. The van der Waals surface area contributed by atoms with Crippen LogP contribution in [-0.2, 0) is 10.0 Å². The summed E-state index contributed by atoms with van der Waals surface area (Å²) < 4.78 is 27.7. The first-order valence-corrected chi connectivity index (χ1v) is 11.1. The minimum Gasteiger partial charge on any atom is -0.267 e. The molecule has 0 fully saturated rings. The van der Waals surface area contributed by atoms with Gasteiger partial charge in [0, 0.05) is 22.7 Å². The van der Waals surface area contributed by atoms with Crippen LogP contribution in [0.2, 0.25) is 0 Å². The van der Waals surface area contributed by atoms with E-state index in [2.05, 4.69) is 16.6 Å². The molecule has 8 heteroatoms. The van der Waals surface area contributed by atoms with Gasteiger partial charge in [0.2, 0.25) is 0 Å². The molecule has 32 heavy (non-hydrogen) atoms. The molecule has 0 unspecified atom stereocenters. The molecule has 1 heterocycles. The lowest BCUT2D eigenvalue weighted by molar-refractivity contribution is 0.0955. The second kappa shape index (κ2) is 8.49. The molecule has 0 saturated carbocycles. The van der Waals surface area contributed by atoms with Crippen LogP contribution in [0.5, 0.6) is 0 Å². The number of nitriles is 1. The summed E-state index contributed by atoms with van der Waals surface area (Å²) in [5.41, 5.74) is 4.63. The Morgan fingerprint density at radius 1 is 1.00 bits per heavy atom. The number of hydrogen-bond acceptors (Lipinski definition) is 5. The van der Waals surface area contributed by atoms with Crippen molar-refractivity contribution in [1.82, 2.24) is 9.40 Å². The average Bonchev–Trinajstić information content (AvgIpc) is 3.23. The van der Waals surface area contributed by atoms with Crippen molar-refractivity contribution in [2.45, 2.75) is 11.8 Å². The van der Waals surface area contributed by atoms with Crippen LogP contribution in [0.1, 0.15) is 28.4 Å². The van der Waals surface area contributed by atoms with Gasteiger partial charge in [0.15, 0.2) is 0 Å². The second-order valence-corrected chi connectivity index (χ2v) is 8.82. The SMILES string of the molecule is C/C(=N\NC(=O)c1ccccc1)c1cn(S(=O)(=O)c2ccccc2)c2ccc(C#N)cc12. The number of rotatable bonds is 5. The number of hydrazone groups is 1. The van der Waals surface area contributed by atoms with Crippen molar-refractivity contribution >= 4 is 32.5 Å². The van der Waals surface area contributed by atoms with Crippen molar-refractivity contribution in [2.24, 2.45) is 5.10 Å². The van der Waals surface area contributed by atoms with E-state index in [9.17, 15) is 18.5 Å². The van der Waals surface area contributed by atoms with E-state index < -0.39 is 10.0 Å². The van der Waals surface area contributed by atoms with Gasteiger partial charge >= 0.3 is 0 Å². The normalized spacial score (nSPS) is 11.8. The highest BCUT2D eigenvalue weighted by Crippen LogP contribution is 2.27. The number of benzene rings is 3. The third kappa shape index (κ3) is 3.89. The van der Waals surface area contributed by atoms with Gasteiger partial charge in [-0.1, -0.05) is 36.4 Å². The van der Waals surface area contributed by atoms with Crippen LogP contribution in [0.25, 0.3) is 10.9 Å². The Morgan fingerprint density at radius 2 is 1.66 bits per heavy atom. The molecule has 1 amide bonds. The Kier molecular flexibility index (Phi) is 5.58. The summed E-state index contributed by atoms with van der Waals surface area (Å²) in [5.74, 6) is -0.386. The van der Waals surface area contributed by atoms with E-state index in [1.54, 1.807) is 73.7 Å². The maximum absolute atomic E-state index is 13.3. The zero-order valence-electron chi connectivity index (χ0n) is 17.1. The predicted octanol–water partition coefficient (Wildman–Crippen LogP) is 3.90. The maximum Gasteiger partial charge on any atom is 0.271 e. The molecule has 0 aliphatic carbocycles. The molecule has 0 spiro atoms. The van der Waals surface area contributed by atoms with Gasteiger partial charge in [0.05, 0.1) is 27.8 Å². The minimum atomic E-state index is -3.88. The number of aromatic nitrogens is 1. The van der Waals surface area contributed by atoms with Crippen LogP contribution in [0.3, 0.4) is 0 Å². The van der Waals surface area contributed by atoms with E-state index in [0.29, 0.717) is 33.3 Å². The molecular weight excluding hydrogens is 424 g/mol. The highest BCUT2D eigenvalue weighted by Gasteiger charge is 2.22. The Hall–Kier alpha value is -4.22. The summed E-state index contributed by atoms with van der Waals surface area (Å²) in [6.07, 6.45) is 1.46. The van der Waals surface area contributed by atoms with Crippen molar-refractivity contribution in [2.75, 3.05) is 0 Å². The van der Waals surface area contributed by atoms with Crippen molar-refractivity contribution in [3.8, 4) is 6.07 Å². The molecule has 0 atom stereocenters. The quantitative estimate of drug-likeness (QED) is 0.374. The second-order valence-electron chi connectivity index (χ2n) is 7.00. The third-order valence-electron chi connectivity index (χ3n) is 4.95. The van der Waals surface area contributed by atoms with Crippen molar-refractivity contribution < 1.29 is 13.2 Å². The molecule has 0 bridgehead atoms. The molecule has 0 radical (unpaired) electrons. The van der Waals surface area contributed by atoms with Crippen LogP contribution in [-0.4, -0.2) is 24.0 Å². The monoisotopic (exact) mass is 442 g/mol. The van der Waals surface area contributed by atoms with E-state index in [4.69, 9.17) is 0 Å². The molecule has 158 valence electrons. The molecule has 4 aromatic rings. The number of nitrogens with zero attached hydrogens (tertiary/aromatic N) is 3. The van der Waals surface area contributed by atoms with Gasteiger partial charge in [-0.15, -0.1) is 0 Å². The van der Waals surface area contributed by atoms with Gasteiger partial charge in [-0.2, -0.15) is 10.4 Å². The maximum atomic E-state index is 13.3. The number of hydrogen-bond donors (Lipinski definition) is 1. The highest BCUT2D eigenvalue weighted by atomic mass is 32.2. The van der Waals surface area contributed by atoms with Gasteiger partial charge in [-0.3, -0.25) is 4.79 Å². The van der Waals surface area contributed by atoms with Crippen LogP contribution in [0.15, 0.2) is 95.1 Å². The zero-order valence-corrected chi connectivity index (χ0v) is 17.9. The average molecular weight is 443 g/mol. The Labute approximate surface area is 185 Å². The minimum absolute atomic E-state index is 0.139. The van der Waals surface area contributed by atoms with Crippen LogP contribution >= 0.6 is 0 Å². The molecule has 1 aromatic heterocycles. The van der Waals surface area contributed by atoms with Crippen LogP contribution in [0.4, 0.5) is 0 Å². The summed E-state index contributed by atoms with van der Waals surface area (Å²) >= 11 is 0. The van der Waals surface area contributed by atoms with Gasteiger partial charge in [-0.05, 0) is 49.4 Å². The topological polar surface area (TPSA) is 104 Å². The van der Waals surface area contributed by atoms with E-state index in [0.717, 1.165) is 0 Å². The van der Waals surface area contributed by atoms with Crippen LogP contribution in [0, 0.1) is 11.3 Å². The molecule has 1 N–H and O–H groups in total. The molecular formula is C24H18N4O3S. The van der Waals surface area contributed by atoms with E-state index in [1.165, 1.54) is 22.3 Å². The first kappa shape index (κ1) is 21.0. The molecule has 0 saturated heterocycles. The standard InChI is InChI=1S/C24H18N4O3S/c1-17(26-27-24(29)19-8-4-2-5-9-19)22-16-28(23-13-12-18(15-25)14-21(22)23)32(30,31)20-10-6-3-7-11-20/h2-14,16H,1H3,(H,27,29)/b26-17+. The number of carbonyl (C=O) groups is 1. The molecule has 4 rings (SSSR count). The van der Waals surface area contributed by atoms with Gasteiger partial charge in [0.1, 0.15) is 0 Å². The van der Waals surface area contributed by atoms with Gasteiger partial charge in [-0.25, -0.2) is 17.8 Å². The summed E-state index contributed by atoms with van der Waals surface area (Å²) in [7, 11) is -3.88. The number of fused-ring (bicyclic) bond motifs is 1. The van der Waals surface area contributed by atoms with E-state index in [-0.39, 0.29) is 10.8 Å². The number of carbonyl (C=O) groups excluding carboxylic acids is 1.